The Bertz CT molecular complexity index is 421. The first-order valence-electron chi connectivity index (χ1n) is 4.52. The molecule has 80 valence electrons. The number of halogens is 1. The number of rotatable bonds is 2. The molecule has 1 aromatic carbocycles. The highest BCUT2D eigenvalue weighted by molar-refractivity contribution is 9.10. The third kappa shape index (κ3) is 1.56. The second kappa shape index (κ2) is 3.59. The van der Waals surface area contributed by atoms with Gasteiger partial charge in [0.2, 0.25) is 0 Å². The van der Waals surface area contributed by atoms with E-state index < -0.39 is 11.5 Å². The molecule has 1 amide bonds. The van der Waals surface area contributed by atoms with Gasteiger partial charge in [-0.3, -0.25) is 4.79 Å². The molecule has 0 aromatic heterocycles. The van der Waals surface area contributed by atoms with Gasteiger partial charge >= 0.3 is 0 Å². The first-order chi connectivity index (χ1) is 7.08. The van der Waals surface area contributed by atoms with Gasteiger partial charge in [-0.2, -0.15) is 0 Å². The van der Waals surface area contributed by atoms with Crippen LogP contribution in [-0.4, -0.2) is 22.7 Å². The number of hydrogen-bond acceptors (Lipinski definition) is 3. The Labute approximate surface area is 95.1 Å². The molecule has 1 aliphatic heterocycles. The fourth-order valence-electron chi connectivity index (χ4n) is 1.74. The minimum absolute atomic E-state index is 0.00741. The van der Waals surface area contributed by atoms with Crippen molar-refractivity contribution in [2.75, 3.05) is 11.9 Å². The van der Waals surface area contributed by atoms with Crippen molar-refractivity contribution in [2.24, 2.45) is 0 Å². The number of nitrogens with one attached hydrogen (secondary N) is 1. The van der Waals surface area contributed by atoms with Crippen molar-refractivity contribution in [1.82, 2.24) is 0 Å². The highest BCUT2D eigenvalue weighted by Crippen LogP contribution is 2.39. The molecule has 0 spiro atoms. The lowest BCUT2D eigenvalue weighted by atomic mass is 9.92. The predicted octanol–water partition coefficient (Wildman–Crippen LogP) is 0.971. The van der Waals surface area contributed by atoms with Crippen LogP contribution in [0.15, 0.2) is 22.7 Å². The van der Waals surface area contributed by atoms with Gasteiger partial charge in [0.25, 0.3) is 5.91 Å². The van der Waals surface area contributed by atoms with E-state index in [2.05, 4.69) is 21.2 Å². The van der Waals surface area contributed by atoms with Gasteiger partial charge in [-0.25, -0.2) is 0 Å². The monoisotopic (exact) mass is 271 g/mol. The van der Waals surface area contributed by atoms with Crippen LogP contribution < -0.4 is 5.32 Å². The second-order valence-corrected chi connectivity index (χ2v) is 4.39. The number of aliphatic hydroxyl groups is 2. The van der Waals surface area contributed by atoms with Crippen molar-refractivity contribution in [3.63, 3.8) is 0 Å². The highest BCUT2D eigenvalue weighted by atomic mass is 79.9. The van der Waals surface area contributed by atoms with E-state index in [9.17, 15) is 9.90 Å². The van der Waals surface area contributed by atoms with Gasteiger partial charge in [-0.1, -0.05) is 22.0 Å². The van der Waals surface area contributed by atoms with E-state index >= 15 is 0 Å². The van der Waals surface area contributed by atoms with Crippen LogP contribution in [0, 0.1) is 0 Å². The molecule has 5 heteroatoms. The van der Waals surface area contributed by atoms with Gasteiger partial charge in [-0.15, -0.1) is 0 Å². The molecule has 1 heterocycles. The Hall–Kier alpha value is -0.910. The largest absolute Gasteiger partial charge is 0.396 e. The molecule has 4 nitrogen and oxygen atoms in total. The Kier molecular flexibility index (Phi) is 2.54. The molecule has 1 atom stereocenters. The SMILES string of the molecule is O=C1Nc2cc(Br)ccc2[C@@]1(O)CCO. The van der Waals surface area contributed by atoms with E-state index in [1.54, 1.807) is 18.2 Å². The fraction of sp³-hybridized carbons (Fsp3) is 0.300. The molecule has 1 aromatic rings. The minimum Gasteiger partial charge on any atom is -0.396 e. The van der Waals surface area contributed by atoms with Crippen LogP contribution in [0.2, 0.25) is 0 Å². The zero-order valence-electron chi connectivity index (χ0n) is 7.83. The summed E-state index contributed by atoms with van der Waals surface area (Å²) in [5.41, 5.74) is -0.486. The fourth-order valence-corrected chi connectivity index (χ4v) is 2.10. The van der Waals surface area contributed by atoms with Crippen LogP contribution in [0.25, 0.3) is 0 Å². The molecule has 0 aliphatic carbocycles. The van der Waals surface area contributed by atoms with Gasteiger partial charge in [0.1, 0.15) is 0 Å². The molecule has 2 rings (SSSR count). The maximum absolute atomic E-state index is 11.6. The molecule has 1 aliphatic rings. The third-order valence-electron chi connectivity index (χ3n) is 2.52. The number of carbonyl (C=O) groups excluding carboxylic acids is 1. The topological polar surface area (TPSA) is 69.6 Å². The lowest BCUT2D eigenvalue weighted by Gasteiger charge is -2.19. The van der Waals surface area contributed by atoms with Crippen molar-refractivity contribution in [3.05, 3.63) is 28.2 Å². The smallest absolute Gasteiger partial charge is 0.261 e. The van der Waals surface area contributed by atoms with Crippen LogP contribution >= 0.6 is 15.9 Å². The van der Waals surface area contributed by atoms with E-state index in [0.29, 0.717) is 11.3 Å². The summed E-state index contributed by atoms with van der Waals surface area (Å²) in [6, 6.07) is 5.15. The van der Waals surface area contributed by atoms with Crippen LogP contribution in [-0.2, 0) is 10.4 Å². The summed E-state index contributed by atoms with van der Waals surface area (Å²) in [4.78, 5) is 11.6. The number of aliphatic hydroxyl groups excluding tert-OH is 1. The Morgan fingerprint density at radius 3 is 2.87 bits per heavy atom. The van der Waals surface area contributed by atoms with Crippen molar-refractivity contribution in [2.45, 2.75) is 12.0 Å². The van der Waals surface area contributed by atoms with Crippen LogP contribution in [0.4, 0.5) is 5.69 Å². The summed E-state index contributed by atoms with van der Waals surface area (Å²) >= 11 is 3.28. The average molecular weight is 272 g/mol. The lowest BCUT2D eigenvalue weighted by Crippen LogP contribution is -2.35. The standard InChI is InChI=1S/C10H10BrNO3/c11-6-1-2-7-8(5-6)12-9(14)10(7,15)3-4-13/h1-2,5,13,15H,3-4H2,(H,12,14)/t10-/m0/s1. The van der Waals surface area contributed by atoms with Gasteiger partial charge in [0.05, 0.1) is 0 Å². The minimum atomic E-state index is -1.59. The quantitative estimate of drug-likeness (QED) is 0.751. The molecule has 0 bridgehead atoms. The molecule has 0 saturated carbocycles. The molecule has 0 unspecified atom stereocenters. The summed E-state index contributed by atoms with van der Waals surface area (Å²) in [6.45, 7) is -0.237. The molecule has 3 N–H and O–H groups in total. The highest BCUT2D eigenvalue weighted by Gasteiger charge is 2.44. The van der Waals surface area contributed by atoms with Gasteiger partial charge in [-0.05, 0) is 12.1 Å². The van der Waals surface area contributed by atoms with Crippen molar-refractivity contribution >= 4 is 27.5 Å². The van der Waals surface area contributed by atoms with E-state index in [4.69, 9.17) is 5.11 Å². The van der Waals surface area contributed by atoms with Gasteiger partial charge in [0, 0.05) is 28.8 Å². The van der Waals surface area contributed by atoms with Crippen LogP contribution in [0.1, 0.15) is 12.0 Å². The summed E-state index contributed by atoms with van der Waals surface area (Å²) in [6.07, 6.45) is 0.00741. The molecular formula is C10H10BrNO3. The number of carbonyl (C=O) groups is 1. The summed E-state index contributed by atoms with van der Waals surface area (Å²) < 4.78 is 0.829. The van der Waals surface area contributed by atoms with Crippen molar-refractivity contribution in [3.8, 4) is 0 Å². The summed E-state index contributed by atoms with van der Waals surface area (Å²) in [5, 5.41) is 21.5. The number of anilines is 1. The van der Waals surface area contributed by atoms with E-state index in [1.807, 2.05) is 0 Å². The Balaban J connectivity index is 2.50. The maximum atomic E-state index is 11.6. The second-order valence-electron chi connectivity index (χ2n) is 3.48. The van der Waals surface area contributed by atoms with E-state index in [0.717, 1.165) is 4.47 Å². The number of amides is 1. The molecule has 15 heavy (non-hydrogen) atoms. The Morgan fingerprint density at radius 2 is 2.20 bits per heavy atom. The Morgan fingerprint density at radius 1 is 1.47 bits per heavy atom. The number of benzene rings is 1. The summed E-state index contributed by atoms with van der Waals surface area (Å²) in [5.74, 6) is -0.482. The molecule has 0 saturated heterocycles. The van der Waals surface area contributed by atoms with E-state index in [1.165, 1.54) is 0 Å². The van der Waals surface area contributed by atoms with Crippen LogP contribution in [0.5, 0.6) is 0 Å². The van der Waals surface area contributed by atoms with E-state index in [-0.39, 0.29) is 13.0 Å². The molecular weight excluding hydrogens is 262 g/mol. The first-order valence-corrected chi connectivity index (χ1v) is 5.32. The number of hydrogen-bond donors (Lipinski definition) is 3. The normalized spacial score (nSPS) is 23.8. The molecule has 0 radical (unpaired) electrons. The van der Waals surface area contributed by atoms with Gasteiger partial charge in [0.15, 0.2) is 5.60 Å². The zero-order chi connectivity index (χ0) is 11.1. The van der Waals surface area contributed by atoms with Crippen molar-refractivity contribution < 1.29 is 15.0 Å². The number of fused-ring (bicyclic) bond motifs is 1. The third-order valence-corrected chi connectivity index (χ3v) is 3.02. The summed E-state index contributed by atoms with van der Waals surface area (Å²) in [7, 11) is 0. The maximum Gasteiger partial charge on any atom is 0.261 e. The predicted molar refractivity (Wildman–Crippen MR) is 58.4 cm³/mol. The van der Waals surface area contributed by atoms with Gasteiger partial charge < -0.3 is 15.5 Å². The van der Waals surface area contributed by atoms with Crippen LogP contribution in [0.3, 0.4) is 0 Å². The average Bonchev–Trinajstić information content (AvgIpc) is 2.39. The lowest BCUT2D eigenvalue weighted by molar-refractivity contribution is -0.135. The first kappa shape index (κ1) is 10.6. The molecule has 0 fully saturated rings. The van der Waals surface area contributed by atoms with Crippen molar-refractivity contribution in [1.29, 1.82) is 0 Å². The zero-order valence-corrected chi connectivity index (χ0v) is 9.41.